The molecule has 0 aliphatic carbocycles. The van der Waals surface area contributed by atoms with Crippen LogP contribution in [0.2, 0.25) is 0 Å². The molecule has 0 aliphatic rings. The van der Waals surface area contributed by atoms with Crippen LogP contribution in [0.1, 0.15) is 30.8 Å². The van der Waals surface area contributed by atoms with Crippen LogP contribution in [-0.4, -0.2) is 43.4 Å². The number of thioether (sulfide) groups is 1. The van der Waals surface area contributed by atoms with Crippen molar-refractivity contribution in [2.45, 2.75) is 45.0 Å². The maximum atomic E-state index is 12.4. The summed E-state index contributed by atoms with van der Waals surface area (Å²) in [4.78, 5) is 28.8. The summed E-state index contributed by atoms with van der Waals surface area (Å²) in [5.74, 6) is 1.49. The standard InChI is InChI=1S/C23H28N6O3S/c1-5-17-8-10-18(11-9-17)32-16(3)22(31)25-13-19-27-28-23(29(19)4)33-14-20(30)26-21-15(2)7-6-12-24-21/h6-12,16H,5,13-14H2,1-4H3,(H,25,31)(H,24,26,30). The minimum atomic E-state index is -0.654. The topological polar surface area (TPSA) is 111 Å². The van der Waals surface area contributed by atoms with Crippen LogP contribution in [0, 0.1) is 6.92 Å². The molecule has 0 fully saturated rings. The molecule has 3 rings (SSSR count). The first kappa shape index (κ1) is 24.2. The third-order valence-electron chi connectivity index (χ3n) is 4.96. The second-order valence-electron chi connectivity index (χ2n) is 7.44. The van der Waals surface area contributed by atoms with Crippen molar-refractivity contribution in [2.24, 2.45) is 7.05 Å². The molecule has 9 nitrogen and oxygen atoms in total. The molecule has 1 aromatic carbocycles. The number of hydrogen-bond acceptors (Lipinski definition) is 7. The highest BCUT2D eigenvalue weighted by Gasteiger charge is 2.17. The van der Waals surface area contributed by atoms with E-state index in [0.29, 0.717) is 22.5 Å². The fourth-order valence-corrected chi connectivity index (χ4v) is 3.64. The van der Waals surface area contributed by atoms with E-state index in [0.717, 1.165) is 12.0 Å². The molecule has 1 atom stereocenters. The zero-order valence-corrected chi connectivity index (χ0v) is 20.0. The van der Waals surface area contributed by atoms with Crippen LogP contribution in [0.15, 0.2) is 47.8 Å². The van der Waals surface area contributed by atoms with Gasteiger partial charge in [-0.3, -0.25) is 9.59 Å². The van der Waals surface area contributed by atoms with E-state index in [-0.39, 0.29) is 24.1 Å². The van der Waals surface area contributed by atoms with Gasteiger partial charge in [0.25, 0.3) is 5.91 Å². The van der Waals surface area contributed by atoms with Crippen molar-refractivity contribution in [2.75, 3.05) is 11.1 Å². The predicted molar refractivity (Wildman–Crippen MR) is 127 cm³/mol. The number of rotatable bonds is 10. The van der Waals surface area contributed by atoms with Crippen LogP contribution < -0.4 is 15.4 Å². The molecule has 0 aliphatic heterocycles. The summed E-state index contributed by atoms with van der Waals surface area (Å²) in [5, 5.41) is 14.4. The highest BCUT2D eigenvalue weighted by Crippen LogP contribution is 2.17. The van der Waals surface area contributed by atoms with Gasteiger partial charge in [-0.25, -0.2) is 4.98 Å². The van der Waals surface area contributed by atoms with Gasteiger partial charge in [0.1, 0.15) is 11.6 Å². The van der Waals surface area contributed by atoms with E-state index in [1.165, 1.54) is 17.3 Å². The number of benzene rings is 1. The van der Waals surface area contributed by atoms with Gasteiger partial charge < -0.3 is 19.9 Å². The highest BCUT2D eigenvalue weighted by molar-refractivity contribution is 7.99. The predicted octanol–water partition coefficient (Wildman–Crippen LogP) is 2.90. The van der Waals surface area contributed by atoms with Gasteiger partial charge in [-0.2, -0.15) is 0 Å². The van der Waals surface area contributed by atoms with Crippen molar-refractivity contribution in [1.82, 2.24) is 25.1 Å². The third kappa shape index (κ3) is 6.79. The van der Waals surface area contributed by atoms with Gasteiger partial charge in [0.2, 0.25) is 5.91 Å². The molecule has 2 aromatic heterocycles. The van der Waals surface area contributed by atoms with Gasteiger partial charge in [0.15, 0.2) is 17.1 Å². The Hall–Kier alpha value is -3.40. The van der Waals surface area contributed by atoms with E-state index in [1.807, 2.05) is 43.3 Å². The van der Waals surface area contributed by atoms with E-state index in [1.54, 1.807) is 24.7 Å². The number of aromatic nitrogens is 4. The molecule has 0 spiro atoms. The van der Waals surface area contributed by atoms with Gasteiger partial charge in [-0.1, -0.05) is 36.9 Å². The Morgan fingerprint density at radius 2 is 1.94 bits per heavy atom. The molecular formula is C23H28N6O3S. The SMILES string of the molecule is CCc1ccc(OC(C)C(=O)NCc2nnc(SCC(=O)Nc3ncccc3C)n2C)cc1. The summed E-state index contributed by atoms with van der Waals surface area (Å²) < 4.78 is 7.46. The molecule has 0 saturated heterocycles. The molecular weight excluding hydrogens is 440 g/mol. The number of nitrogens with zero attached hydrogens (tertiary/aromatic N) is 4. The molecule has 3 aromatic rings. The minimum absolute atomic E-state index is 0.163. The highest BCUT2D eigenvalue weighted by atomic mass is 32.2. The first-order chi connectivity index (χ1) is 15.9. The molecule has 33 heavy (non-hydrogen) atoms. The van der Waals surface area contributed by atoms with E-state index >= 15 is 0 Å². The number of ether oxygens (including phenoxy) is 1. The lowest BCUT2D eigenvalue weighted by molar-refractivity contribution is -0.127. The monoisotopic (exact) mass is 468 g/mol. The molecule has 10 heteroatoms. The second-order valence-corrected chi connectivity index (χ2v) is 8.38. The first-order valence-electron chi connectivity index (χ1n) is 10.6. The normalized spacial score (nSPS) is 11.6. The summed E-state index contributed by atoms with van der Waals surface area (Å²) in [6.07, 6.45) is 1.92. The van der Waals surface area contributed by atoms with Gasteiger partial charge >= 0.3 is 0 Å². The molecule has 0 saturated carbocycles. The average molecular weight is 469 g/mol. The maximum Gasteiger partial charge on any atom is 0.261 e. The van der Waals surface area contributed by atoms with Gasteiger partial charge in [0, 0.05) is 13.2 Å². The zero-order chi connectivity index (χ0) is 23.8. The Morgan fingerprint density at radius 3 is 2.64 bits per heavy atom. The van der Waals surface area contributed by atoms with Crippen LogP contribution in [0.25, 0.3) is 0 Å². The van der Waals surface area contributed by atoms with Crippen molar-refractivity contribution >= 4 is 29.4 Å². The quantitative estimate of drug-likeness (QED) is 0.440. The molecule has 174 valence electrons. The van der Waals surface area contributed by atoms with E-state index in [2.05, 4.69) is 32.7 Å². The van der Waals surface area contributed by atoms with Crippen molar-refractivity contribution in [1.29, 1.82) is 0 Å². The van der Waals surface area contributed by atoms with Crippen LogP contribution in [0.3, 0.4) is 0 Å². The minimum Gasteiger partial charge on any atom is -0.481 e. The van der Waals surface area contributed by atoms with Gasteiger partial charge in [-0.15, -0.1) is 10.2 Å². The molecule has 1 unspecified atom stereocenters. The van der Waals surface area contributed by atoms with Crippen LogP contribution in [-0.2, 0) is 29.6 Å². The fourth-order valence-electron chi connectivity index (χ4n) is 2.91. The van der Waals surface area contributed by atoms with Gasteiger partial charge in [-0.05, 0) is 49.6 Å². The van der Waals surface area contributed by atoms with Gasteiger partial charge in [0.05, 0.1) is 12.3 Å². The summed E-state index contributed by atoms with van der Waals surface area (Å²) >= 11 is 1.26. The number of pyridine rings is 1. The fraction of sp³-hybridized carbons (Fsp3) is 0.348. The average Bonchev–Trinajstić information content (AvgIpc) is 3.17. The summed E-state index contributed by atoms with van der Waals surface area (Å²) in [7, 11) is 1.79. The largest absolute Gasteiger partial charge is 0.481 e. The lowest BCUT2D eigenvalue weighted by Crippen LogP contribution is -2.36. The number of anilines is 1. The van der Waals surface area contributed by atoms with E-state index in [4.69, 9.17) is 4.74 Å². The number of amides is 2. The third-order valence-corrected chi connectivity index (χ3v) is 5.98. The molecule has 2 amide bonds. The lowest BCUT2D eigenvalue weighted by Gasteiger charge is -2.15. The molecule has 0 bridgehead atoms. The zero-order valence-electron chi connectivity index (χ0n) is 19.2. The number of hydrogen-bond donors (Lipinski definition) is 2. The first-order valence-corrected chi connectivity index (χ1v) is 11.6. The van der Waals surface area contributed by atoms with Crippen molar-refractivity contribution in [3.8, 4) is 5.75 Å². The number of carbonyl (C=O) groups excluding carboxylic acids is 2. The smallest absolute Gasteiger partial charge is 0.261 e. The number of nitrogens with one attached hydrogen (secondary N) is 2. The Morgan fingerprint density at radius 1 is 1.18 bits per heavy atom. The maximum absolute atomic E-state index is 12.4. The van der Waals surface area contributed by atoms with Crippen LogP contribution in [0.4, 0.5) is 5.82 Å². The summed E-state index contributed by atoms with van der Waals surface area (Å²) in [6, 6.07) is 11.4. The van der Waals surface area contributed by atoms with Crippen molar-refractivity contribution in [3.05, 3.63) is 59.5 Å². The molecule has 0 radical (unpaired) electrons. The Labute approximate surface area is 197 Å². The number of aryl methyl sites for hydroxylation is 2. The second kappa shape index (κ2) is 11.5. The van der Waals surface area contributed by atoms with Crippen LogP contribution in [0.5, 0.6) is 5.75 Å². The Balaban J connectivity index is 1.47. The van der Waals surface area contributed by atoms with E-state index < -0.39 is 6.10 Å². The van der Waals surface area contributed by atoms with Crippen molar-refractivity contribution < 1.29 is 14.3 Å². The molecule has 2 N–H and O–H groups in total. The number of carbonyl (C=O) groups is 2. The summed E-state index contributed by atoms with van der Waals surface area (Å²) in [5.41, 5.74) is 2.10. The Kier molecular flexibility index (Phi) is 8.42. The summed E-state index contributed by atoms with van der Waals surface area (Å²) in [6.45, 7) is 5.86. The lowest BCUT2D eigenvalue weighted by atomic mass is 10.2. The Bertz CT molecular complexity index is 1100. The van der Waals surface area contributed by atoms with E-state index in [9.17, 15) is 9.59 Å². The van der Waals surface area contributed by atoms with Crippen LogP contribution >= 0.6 is 11.8 Å². The molecule has 2 heterocycles. The van der Waals surface area contributed by atoms with Crippen molar-refractivity contribution in [3.63, 3.8) is 0 Å².